The number of pyridine rings is 1. The number of hydrogen-bond acceptors (Lipinski definition) is 4. The number of aromatic nitrogens is 3. The van der Waals surface area contributed by atoms with E-state index in [-0.39, 0.29) is 18.0 Å². The van der Waals surface area contributed by atoms with Crippen molar-refractivity contribution < 1.29 is 9.53 Å². The normalized spacial score (nSPS) is 22.3. The molecule has 0 N–H and O–H groups in total. The molecule has 2 aromatic heterocycles. The van der Waals surface area contributed by atoms with E-state index in [0.29, 0.717) is 24.7 Å². The lowest BCUT2D eigenvalue weighted by Crippen LogP contribution is -2.52. The van der Waals surface area contributed by atoms with Gasteiger partial charge < -0.3 is 9.64 Å². The van der Waals surface area contributed by atoms with Crippen LogP contribution in [0, 0.1) is 0 Å². The molecule has 3 heterocycles. The zero-order valence-corrected chi connectivity index (χ0v) is 12.1. The third-order valence-electron chi connectivity index (χ3n) is 3.59. The van der Waals surface area contributed by atoms with E-state index in [1.54, 1.807) is 23.1 Å². The summed E-state index contributed by atoms with van der Waals surface area (Å²) in [5, 5.41) is 4.14. The molecule has 0 radical (unpaired) electrons. The predicted molar refractivity (Wildman–Crippen MR) is 77.3 cm³/mol. The van der Waals surface area contributed by atoms with Crippen LogP contribution >= 0.6 is 0 Å². The first-order valence-corrected chi connectivity index (χ1v) is 7.04. The first-order valence-electron chi connectivity index (χ1n) is 7.04. The van der Waals surface area contributed by atoms with Crippen LogP contribution in [0.2, 0.25) is 0 Å². The van der Waals surface area contributed by atoms with Gasteiger partial charge in [-0.05, 0) is 32.0 Å². The Hall–Kier alpha value is -2.21. The van der Waals surface area contributed by atoms with E-state index in [1.807, 2.05) is 36.9 Å². The molecule has 1 amide bonds. The van der Waals surface area contributed by atoms with Crippen LogP contribution in [0.3, 0.4) is 0 Å². The number of morpholine rings is 1. The molecule has 3 rings (SSSR count). The van der Waals surface area contributed by atoms with Crippen molar-refractivity contribution >= 4 is 5.91 Å². The molecule has 1 aliphatic rings. The van der Waals surface area contributed by atoms with Crippen LogP contribution in [0.15, 0.2) is 36.7 Å². The molecule has 2 aromatic rings. The van der Waals surface area contributed by atoms with Gasteiger partial charge in [0.05, 0.1) is 25.3 Å². The van der Waals surface area contributed by atoms with Gasteiger partial charge in [0.2, 0.25) is 0 Å². The smallest absolute Gasteiger partial charge is 0.273 e. The van der Waals surface area contributed by atoms with Crippen LogP contribution in [-0.4, -0.2) is 50.9 Å². The second-order valence-corrected chi connectivity index (χ2v) is 5.28. The van der Waals surface area contributed by atoms with E-state index in [1.165, 1.54) is 0 Å². The fourth-order valence-corrected chi connectivity index (χ4v) is 2.61. The van der Waals surface area contributed by atoms with Gasteiger partial charge in [-0.1, -0.05) is 6.07 Å². The van der Waals surface area contributed by atoms with E-state index in [9.17, 15) is 4.79 Å². The molecule has 1 saturated heterocycles. The van der Waals surface area contributed by atoms with Crippen molar-refractivity contribution in [2.75, 3.05) is 13.2 Å². The number of carbonyl (C=O) groups is 1. The van der Waals surface area contributed by atoms with Crippen molar-refractivity contribution in [1.82, 2.24) is 19.7 Å². The minimum atomic E-state index is -0.0627. The largest absolute Gasteiger partial charge is 0.377 e. The highest BCUT2D eigenvalue weighted by Crippen LogP contribution is 2.17. The third kappa shape index (κ3) is 2.67. The molecule has 0 spiro atoms. The summed E-state index contributed by atoms with van der Waals surface area (Å²) in [6.07, 6.45) is 3.48. The zero-order valence-electron chi connectivity index (χ0n) is 12.1. The average molecular weight is 286 g/mol. The Bertz CT molecular complexity index is 616. The maximum atomic E-state index is 12.7. The summed E-state index contributed by atoms with van der Waals surface area (Å²) in [4.78, 5) is 19.0. The van der Waals surface area contributed by atoms with Gasteiger partial charge in [0.1, 0.15) is 5.69 Å². The highest BCUT2D eigenvalue weighted by Gasteiger charge is 2.31. The Balaban J connectivity index is 1.89. The van der Waals surface area contributed by atoms with Gasteiger partial charge in [-0.15, -0.1) is 0 Å². The molecule has 0 aliphatic carbocycles. The van der Waals surface area contributed by atoms with Crippen LogP contribution in [0.5, 0.6) is 0 Å². The lowest BCUT2D eigenvalue weighted by atomic mass is 10.1. The minimum absolute atomic E-state index is 0.0522. The van der Waals surface area contributed by atoms with Gasteiger partial charge in [0.25, 0.3) is 5.91 Å². The number of nitrogens with zero attached hydrogens (tertiary/aromatic N) is 4. The van der Waals surface area contributed by atoms with Gasteiger partial charge >= 0.3 is 0 Å². The monoisotopic (exact) mass is 286 g/mol. The SMILES string of the molecule is C[C@H]1COC[C@H](C)N1C(=O)c1cccc(-n2cccn2)n1. The molecule has 6 heteroatoms. The topological polar surface area (TPSA) is 60.2 Å². The summed E-state index contributed by atoms with van der Waals surface area (Å²) in [7, 11) is 0. The van der Waals surface area contributed by atoms with Gasteiger partial charge in [-0.2, -0.15) is 5.10 Å². The molecule has 6 nitrogen and oxygen atoms in total. The van der Waals surface area contributed by atoms with Gasteiger partial charge in [-0.3, -0.25) is 4.79 Å². The second kappa shape index (κ2) is 5.65. The average Bonchev–Trinajstić information content (AvgIpc) is 3.01. The summed E-state index contributed by atoms with van der Waals surface area (Å²) in [6.45, 7) is 5.11. The fraction of sp³-hybridized carbons (Fsp3) is 0.400. The van der Waals surface area contributed by atoms with Crippen LogP contribution in [-0.2, 0) is 4.74 Å². The van der Waals surface area contributed by atoms with Crippen molar-refractivity contribution in [3.05, 3.63) is 42.4 Å². The Labute approximate surface area is 123 Å². The minimum Gasteiger partial charge on any atom is -0.377 e. The summed E-state index contributed by atoms with van der Waals surface area (Å²) in [5.74, 6) is 0.576. The van der Waals surface area contributed by atoms with E-state index in [0.717, 1.165) is 0 Å². The van der Waals surface area contributed by atoms with Crippen molar-refractivity contribution in [3.8, 4) is 5.82 Å². The Morgan fingerprint density at radius 3 is 2.67 bits per heavy atom. The van der Waals surface area contributed by atoms with Crippen LogP contribution in [0.1, 0.15) is 24.3 Å². The molecule has 0 bridgehead atoms. The van der Waals surface area contributed by atoms with Crippen LogP contribution in [0.4, 0.5) is 0 Å². The highest BCUT2D eigenvalue weighted by atomic mass is 16.5. The summed E-state index contributed by atoms with van der Waals surface area (Å²) < 4.78 is 7.11. The van der Waals surface area contributed by atoms with Crippen molar-refractivity contribution in [2.45, 2.75) is 25.9 Å². The fourth-order valence-electron chi connectivity index (χ4n) is 2.61. The van der Waals surface area contributed by atoms with E-state index in [2.05, 4.69) is 10.1 Å². The highest BCUT2D eigenvalue weighted by molar-refractivity contribution is 5.93. The molecule has 1 aliphatic heterocycles. The number of ether oxygens (including phenoxy) is 1. The van der Waals surface area contributed by atoms with Crippen molar-refractivity contribution in [1.29, 1.82) is 0 Å². The maximum absolute atomic E-state index is 12.7. The van der Waals surface area contributed by atoms with Crippen LogP contribution < -0.4 is 0 Å². The standard InChI is InChI=1S/C15H18N4O2/c1-11-9-21-10-12(2)19(11)15(20)13-5-3-6-14(17-13)18-8-4-7-16-18/h3-8,11-12H,9-10H2,1-2H3/t11-,12-/m0/s1. The van der Waals surface area contributed by atoms with E-state index >= 15 is 0 Å². The first-order chi connectivity index (χ1) is 10.2. The quantitative estimate of drug-likeness (QED) is 0.839. The molecule has 0 unspecified atom stereocenters. The number of carbonyl (C=O) groups excluding carboxylic acids is 1. The second-order valence-electron chi connectivity index (χ2n) is 5.28. The summed E-state index contributed by atoms with van der Waals surface area (Å²) in [5.41, 5.74) is 0.434. The van der Waals surface area contributed by atoms with Gasteiger partial charge in [0, 0.05) is 12.4 Å². The Morgan fingerprint density at radius 2 is 2.00 bits per heavy atom. The molecule has 21 heavy (non-hydrogen) atoms. The Kier molecular flexibility index (Phi) is 3.70. The molecule has 110 valence electrons. The summed E-state index contributed by atoms with van der Waals surface area (Å²) >= 11 is 0. The lowest BCUT2D eigenvalue weighted by Gasteiger charge is -2.38. The predicted octanol–water partition coefficient (Wildman–Crippen LogP) is 1.52. The van der Waals surface area contributed by atoms with Crippen molar-refractivity contribution in [2.24, 2.45) is 0 Å². The van der Waals surface area contributed by atoms with Crippen LogP contribution in [0.25, 0.3) is 5.82 Å². The molecule has 0 saturated carbocycles. The Morgan fingerprint density at radius 1 is 1.24 bits per heavy atom. The summed E-state index contributed by atoms with van der Waals surface area (Å²) in [6, 6.07) is 7.32. The molecular weight excluding hydrogens is 268 g/mol. The number of hydrogen-bond donors (Lipinski definition) is 0. The molecule has 2 atom stereocenters. The number of amides is 1. The lowest BCUT2D eigenvalue weighted by molar-refractivity contribution is -0.0252. The molecule has 1 fully saturated rings. The van der Waals surface area contributed by atoms with E-state index in [4.69, 9.17) is 4.74 Å². The van der Waals surface area contributed by atoms with Crippen molar-refractivity contribution in [3.63, 3.8) is 0 Å². The first kappa shape index (κ1) is 13.8. The molecular formula is C15H18N4O2. The maximum Gasteiger partial charge on any atom is 0.273 e. The van der Waals surface area contributed by atoms with Gasteiger partial charge in [-0.25, -0.2) is 9.67 Å². The zero-order chi connectivity index (χ0) is 14.8. The third-order valence-corrected chi connectivity index (χ3v) is 3.59. The van der Waals surface area contributed by atoms with Gasteiger partial charge in [0.15, 0.2) is 5.82 Å². The molecule has 0 aromatic carbocycles. The van der Waals surface area contributed by atoms with E-state index < -0.39 is 0 Å². The number of rotatable bonds is 2.